The van der Waals surface area contributed by atoms with Crippen molar-refractivity contribution in [3.63, 3.8) is 0 Å². The first-order valence-electron chi connectivity index (χ1n) is 16.1. The van der Waals surface area contributed by atoms with Crippen LogP contribution in [-0.2, 0) is 14.3 Å². The zero-order chi connectivity index (χ0) is 32.9. The molecule has 0 radical (unpaired) electrons. The number of methoxy groups -OCH3 is 1. The molecule has 0 saturated heterocycles. The zero-order valence-electron chi connectivity index (χ0n) is 28.4. The number of nitrogens with zero attached hydrogens (tertiary/aromatic N) is 1. The quantitative estimate of drug-likeness (QED) is 0.187. The van der Waals surface area contributed by atoms with Crippen molar-refractivity contribution in [2.45, 2.75) is 118 Å². The molecule has 8 nitrogen and oxygen atoms in total. The average Bonchev–Trinajstić information content (AvgIpc) is 2.97. The van der Waals surface area contributed by atoms with E-state index in [-0.39, 0.29) is 17.7 Å². The summed E-state index contributed by atoms with van der Waals surface area (Å²) in [6.45, 7) is 15.8. The third kappa shape index (κ3) is 11.2. The van der Waals surface area contributed by atoms with Crippen molar-refractivity contribution in [2.24, 2.45) is 5.92 Å². The Balaban J connectivity index is 2.58. The smallest absolute Gasteiger partial charge is 0.408 e. The first-order valence-corrected chi connectivity index (χ1v) is 16.1. The molecule has 244 valence electrons. The monoisotopic (exact) mass is 609 g/mol. The molecule has 2 rings (SSSR count). The molecule has 0 aliphatic heterocycles. The highest BCUT2D eigenvalue weighted by molar-refractivity contribution is 5.99. The lowest BCUT2D eigenvalue weighted by Crippen LogP contribution is -2.55. The van der Waals surface area contributed by atoms with Crippen LogP contribution in [0.4, 0.5) is 10.5 Å². The maximum absolute atomic E-state index is 14.6. The second kappa shape index (κ2) is 17.7. The molecule has 0 aromatic heterocycles. The Morgan fingerprint density at radius 2 is 1.55 bits per heavy atom. The van der Waals surface area contributed by atoms with E-state index in [0.717, 1.165) is 48.8 Å². The van der Waals surface area contributed by atoms with E-state index in [1.54, 1.807) is 57.0 Å². The van der Waals surface area contributed by atoms with Crippen LogP contribution in [0.3, 0.4) is 0 Å². The molecule has 0 fully saturated rings. The Morgan fingerprint density at radius 3 is 2.14 bits per heavy atom. The summed E-state index contributed by atoms with van der Waals surface area (Å²) in [7, 11) is 1.59. The van der Waals surface area contributed by atoms with Gasteiger partial charge in [0.25, 0.3) is 5.91 Å². The van der Waals surface area contributed by atoms with Crippen LogP contribution in [0.2, 0.25) is 0 Å². The molecular weight excluding hydrogens is 554 g/mol. The van der Waals surface area contributed by atoms with Gasteiger partial charge in [0.1, 0.15) is 23.4 Å². The summed E-state index contributed by atoms with van der Waals surface area (Å²) < 4.78 is 10.8. The van der Waals surface area contributed by atoms with Crippen molar-refractivity contribution < 1.29 is 23.9 Å². The molecule has 0 heterocycles. The highest BCUT2D eigenvalue weighted by atomic mass is 16.6. The average molecular weight is 610 g/mol. The molecule has 0 saturated carbocycles. The maximum Gasteiger partial charge on any atom is 0.408 e. The Kier molecular flexibility index (Phi) is 14.7. The van der Waals surface area contributed by atoms with E-state index in [1.807, 2.05) is 45.9 Å². The van der Waals surface area contributed by atoms with Crippen LogP contribution in [0, 0.1) is 19.8 Å². The van der Waals surface area contributed by atoms with E-state index in [4.69, 9.17) is 9.47 Å². The van der Waals surface area contributed by atoms with Gasteiger partial charge in [-0.3, -0.25) is 9.59 Å². The first kappa shape index (κ1) is 36.6. The Morgan fingerprint density at radius 1 is 0.909 bits per heavy atom. The van der Waals surface area contributed by atoms with Crippen molar-refractivity contribution in [1.82, 2.24) is 10.2 Å². The van der Waals surface area contributed by atoms with Crippen molar-refractivity contribution in [1.29, 1.82) is 0 Å². The van der Waals surface area contributed by atoms with Gasteiger partial charge in [0.05, 0.1) is 7.11 Å². The maximum atomic E-state index is 14.6. The number of rotatable bonds is 16. The summed E-state index contributed by atoms with van der Waals surface area (Å²) >= 11 is 0. The van der Waals surface area contributed by atoms with Gasteiger partial charge in [0.2, 0.25) is 5.91 Å². The number of carbonyl (C=O) groups is 3. The van der Waals surface area contributed by atoms with Crippen LogP contribution in [-0.4, -0.2) is 48.1 Å². The Labute approximate surface area is 265 Å². The molecule has 2 aromatic carbocycles. The normalized spacial score (nSPS) is 13.4. The molecule has 44 heavy (non-hydrogen) atoms. The molecule has 3 atom stereocenters. The van der Waals surface area contributed by atoms with E-state index in [9.17, 15) is 14.4 Å². The summed E-state index contributed by atoms with van der Waals surface area (Å²) in [5.41, 5.74) is 2.62. The van der Waals surface area contributed by atoms with Crippen molar-refractivity contribution in [2.75, 3.05) is 19.0 Å². The lowest BCUT2D eigenvalue weighted by Gasteiger charge is -2.36. The number of nitrogens with one attached hydrogen (secondary N) is 2. The first-order chi connectivity index (χ1) is 20.8. The highest BCUT2D eigenvalue weighted by Crippen LogP contribution is 2.30. The molecule has 0 aliphatic carbocycles. The molecule has 2 N–H and O–H groups in total. The van der Waals surface area contributed by atoms with Gasteiger partial charge in [-0.2, -0.15) is 0 Å². The minimum absolute atomic E-state index is 0.189. The molecule has 3 unspecified atom stereocenters. The number of ether oxygens (including phenoxy) is 2. The highest BCUT2D eigenvalue weighted by Gasteiger charge is 2.38. The molecule has 8 heteroatoms. The topological polar surface area (TPSA) is 97.0 Å². The van der Waals surface area contributed by atoms with Gasteiger partial charge in [-0.1, -0.05) is 77.5 Å². The fourth-order valence-electron chi connectivity index (χ4n) is 5.13. The lowest BCUT2D eigenvalue weighted by atomic mass is 9.92. The van der Waals surface area contributed by atoms with E-state index < -0.39 is 23.8 Å². The second-order valence-corrected chi connectivity index (χ2v) is 12.7. The number of hydrogen-bond acceptors (Lipinski definition) is 5. The number of aryl methyl sites for hydroxylation is 1. The van der Waals surface area contributed by atoms with Crippen LogP contribution in [0.15, 0.2) is 42.5 Å². The minimum atomic E-state index is -0.910. The zero-order valence-corrected chi connectivity index (χ0v) is 28.4. The third-order valence-electron chi connectivity index (χ3n) is 8.05. The van der Waals surface area contributed by atoms with Gasteiger partial charge in [-0.15, -0.1) is 0 Å². The predicted octanol–water partition coefficient (Wildman–Crippen LogP) is 8.12. The van der Waals surface area contributed by atoms with E-state index >= 15 is 0 Å². The van der Waals surface area contributed by atoms with E-state index in [0.29, 0.717) is 24.4 Å². The number of alkyl carbamates (subject to hydrolysis) is 1. The molecule has 3 amide bonds. The van der Waals surface area contributed by atoms with Gasteiger partial charge in [0, 0.05) is 12.2 Å². The van der Waals surface area contributed by atoms with Gasteiger partial charge in [0.15, 0.2) is 0 Å². The predicted molar refractivity (Wildman–Crippen MR) is 178 cm³/mol. The molecule has 0 aliphatic rings. The van der Waals surface area contributed by atoms with Crippen molar-refractivity contribution in [3.8, 4) is 5.75 Å². The van der Waals surface area contributed by atoms with Crippen molar-refractivity contribution in [3.05, 3.63) is 59.2 Å². The largest absolute Gasteiger partial charge is 0.497 e. The van der Waals surface area contributed by atoms with Gasteiger partial charge < -0.3 is 25.0 Å². The lowest BCUT2D eigenvalue weighted by molar-refractivity contribution is -0.142. The SMILES string of the molecule is CCCCCCCCN(C(=O)C(NC(=O)OC(C)(C)C)C(C)CC)C(C(=O)Nc1ccc(OC)cc1)c1cccc(C)c1C. The van der Waals surface area contributed by atoms with Crippen LogP contribution in [0.1, 0.15) is 109 Å². The fraction of sp³-hybridized carbons (Fsp3) is 0.583. The molecule has 0 bridgehead atoms. The molecule has 0 spiro atoms. The number of benzene rings is 2. The van der Waals surface area contributed by atoms with Crippen LogP contribution >= 0.6 is 0 Å². The minimum Gasteiger partial charge on any atom is -0.497 e. The van der Waals surface area contributed by atoms with Gasteiger partial charge in [-0.25, -0.2) is 4.79 Å². The standard InChI is InChI=1S/C36H55N3O5/c1-10-12-13-14-15-16-24-39(34(41)31(25(3)11-2)38-35(42)44-36(6,7)8)32(30-19-17-18-26(4)27(30)5)33(40)37-28-20-22-29(43-9)23-21-28/h17-23,25,31-32H,10-16,24H2,1-9H3,(H,37,40)(H,38,42). The summed E-state index contributed by atoms with van der Waals surface area (Å²) in [5, 5.41) is 5.90. The van der Waals surface area contributed by atoms with Crippen LogP contribution in [0.25, 0.3) is 0 Å². The Hall–Kier alpha value is -3.55. The summed E-state index contributed by atoms with van der Waals surface area (Å²) in [4.78, 5) is 43.5. The molecular formula is C36H55N3O5. The number of hydrogen-bond donors (Lipinski definition) is 2. The Bertz CT molecular complexity index is 1210. The van der Waals surface area contributed by atoms with Crippen LogP contribution < -0.4 is 15.4 Å². The van der Waals surface area contributed by atoms with Crippen molar-refractivity contribution >= 4 is 23.6 Å². The number of carbonyl (C=O) groups excluding carboxylic acids is 3. The van der Waals surface area contributed by atoms with E-state index in [2.05, 4.69) is 17.6 Å². The van der Waals surface area contributed by atoms with Gasteiger partial charge in [-0.05, 0) is 87.9 Å². The van der Waals surface area contributed by atoms with Crippen LogP contribution in [0.5, 0.6) is 5.75 Å². The number of unbranched alkanes of at least 4 members (excludes halogenated alkanes) is 5. The number of amides is 3. The summed E-state index contributed by atoms with van der Waals surface area (Å²) in [5.74, 6) is -0.123. The summed E-state index contributed by atoms with van der Waals surface area (Å²) in [6.07, 6.45) is 6.21. The molecule has 2 aromatic rings. The van der Waals surface area contributed by atoms with E-state index in [1.165, 1.54) is 6.42 Å². The third-order valence-corrected chi connectivity index (χ3v) is 8.05. The second-order valence-electron chi connectivity index (χ2n) is 12.7. The number of anilines is 1. The fourth-order valence-corrected chi connectivity index (χ4v) is 5.13. The summed E-state index contributed by atoms with van der Waals surface area (Å²) in [6, 6.07) is 11.2. The van der Waals surface area contributed by atoms with Gasteiger partial charge >= 0.3 is 6.09 Å².